The minimum atomic E-state index is -0.202. The van der Waals surface area contributed by atoms with Crippen LogP contribution in [0.3, 0.4) is 0 Å². The van der Waals surface area contributed by atoms with Gasteiger partial charge in [0.15, 0.2) is 0 Å². The molecule has 0 spiro atoms. The molecular formula is C29H19N4O2. The lowest BCUT2D eigenvalue weighted by Crippen LogP contribution is -2.11. The van der Waals surface area contributed by atoms with Crippen LogP contribution in [-0.4, -0.2) is 15.9 Å². The van der Waals surface area contributed by atoms with Crippen molar-refractivity contribution in [3.8, 4) is 11.3 Å². The van der Waals surface area contributed by atoms with E-state index in [1.165, 1.54) is 6.33 Å². The molecule has 0 aliphatic heterocycles. The Kier molecular flexibility index (Phi) is 5.16. The number of hydrogen-bond donors (Lipinski definition) is 2. The lowest BCUT2D eigenvalue weighted by atomic mass is 10.1. The average Bonchev–Trinajstić information content (AvgIpc) is 3.29. The van der Waals surface area contributed by atoms with Gasteiger partial charge in [0.1, 0.15) is 23.3 Å². The second-order valence-corrected chi connectivity index (χ2v) is 8.00. The third-order valence-electron chi connectivity index (χ3n) is 5.72. The van der Waals surface area contributed by atoms with Crippen LogP contribution in [0.15, 0.2) is 108 Å². The zero-order valence-corrected chi connectivity index (χ0v) is 18.5. The SMILES string of the molecule is O=C(Nc1ccc(Nc2cc(-c3cccc4c3oc3ccccc34)ncn2)cc1)c1[c]cccc1. The summed E-state index contributed by atoms with van der Waals surface area (Å²) in [6.07, 6.45) is 1.53. The molecule has 2 heterocycles. The Labute approximate surface area is 201 Å². The maximum absolute atomic E-state index is 12.3. The van der Waals surface area contributed by atoms with Gasteiger partial charge in [-0.15, -0.1) is 0 Å². The first-order valence-corrected chi connectivity index (χ1v) is 11.1. The molecule has 6 aromatic rings. The number of aromatic nitrogens is 2. The van der Waals surface area contributed by atoms with Crippen LogP contribution >= 0.6 is 0 Å². The van der Waals surface area contributed by atoms with Crippen molar-refractivity contribution in [1.29, 1.82) is 0 Å². The summed E-state index contributed by atoms with van der Waals surface area (Å²) >= 11 is 0. The second kappa shape index (κ2) is 8.76. The number of benzene rings is 4. The Morgan fingerprint density at radius 1 is 0.800 bits per heavy atom. The van der Waals surface area contributed by atoms with Crippen LogP contribution < -0.4 is 10.6 Å². The molecular weight excluding hydrogens is 436 g/mol. The molecule has 0 aliphatic carbocycles. The fraction of sp³-hybridized carbons (Fsp3) is 0. The second-order valence-electron chi connectivity index (χ2n) is 8.00. The van der Waals surface area contributed by atoms with Gasteiger partial charge < -0.3 is 15.1 Å². The van der Waals surface area contributed by atoms with E-state index >= 15 is 0 Å². The average molecular weight is 455 g/mol. The summed E-state index contributed by atoms with van der Waals surface area (Å²) in [5.41, 5.74) is 5.32. The molecule has 1 radical (unpaired) electrons. The molecule has 6 heteroatoms. The number of nitrogens with zero attached hydrogens (tertiary/aromatic N) is 2. The third kappa shape index (κ3) is 4.09. The number of anilines is 3. The highest BCUT2D eigenvalue weighted by atomic mass is 16.3. The van der Waals surface area contributed by atoms with Crippen LogP contribution in [0.4, 0.5) is 17.2 Å². The maximum atomic E-state index is 12.3. The van der Waals surface area contributed by atoms with Crippen molar-refractivity contribution in [3.05, 3.63) is 115 Å². The Balaban J connectivity index is 1.24. The van der Waals surface area contributed by atoms with Crippen LogP contribution in [0.1, 0.15) is 10.4 Å². The predicted octanol–water partition coefficient (Wildman–Crippen LogP) is 6.84. The van der Waals surface area contributed by atoms with Crippen LogP contribution in [0.2, 0.25) is 0 Å². The molecule has 0 saturated carbocycles. The molecule has 1 amide bonds. The van der Waals surface area contributed by atoms with E-state index in [1.54, 1.807) is 12.1 Å². The molecule has 0 fully saturated rings. The van der Waals surface area contributed by atoms with E-state index in [1.807, 2.05) is 72.8 Å². The summed E-state index contributed by atoms with van der Waals surface area (Å²) in [5.74, 6) is 0.449. The number of rotatable bonds is 5. The summed E-state index contributed by atoms with van der Waals surface area (Å²) < 4.78 is 6.16. The fourth-order valence-electron chi connectivity index (χ4n) is 4.04. The Morgan fingerprint density at radius 3 is 2.46 bits per heavy atom. The molecule has 35 heavy (non-hydrogen) atoms. The van der Waals surface area contributed by atoms with E-state index in [0.29, 0.717) is 17.1 Å². The van der Waals surface area contributed by atoms with E-state index in [2.05, 4.69) is 38.8 Å². The highest BCUT2D eigenvalue weighted by Crippen LogP contribution is 2.35. The summed E-state index contributed by atoms with van der Waals surface area (Å²) in [6.45, 7) is 0. The zero-order chi connectivity index (χ0) is 23.6. The largest absolute Gasteiger partial charge is 0.455 e. The summed E-state index contributed by atoms with van der Waals surface area (Å²) in [6, 6.07) is 33.4. The fourth-order valence-corrected chi connectivity index (χ4v) is 4.04. The summed E-state index contributed by atoms with van der Waals surface area (Å²) in [5, 5.41) is 8.30. The molecule has 0 atom stereocenters. The van der Waals surface area contributed by atoms with Crippen LogP contribution in [0.25, 0.3) is 33.2 Å². The van der Waals surface area contributed by atoms with E-state index in [0.717, 1.165) is 38.9 Å². The van der Waals surface area contributed by atoms with E-state index in [4.69, 9.17) is 4.42 Å². The van der Waals surface area contributed by atoms with E-state index in [-0.39, 0.29) is 5.91 Å². The van der Waals surface area contributed by atoms with Gasteiger partial charge in [-0.25, -0.2) is 9.97 Å². The van der Waals surface area contributed by atoms with Gasteiger partial charge in [-0.05, 0) is 48.5 Å². The van der Waals surface area contributed by atoms with Crippen molar-refractivity contribution in [2.75, 3.05) is 10.6 Å². The minimum absolute atomic E-state index is 0.202. The lowest BCUT2D eigenvalue weighted by Gasteiger charge is -2.09. The smallest absolute Gasteiger partial charge is 0.256 e. The van der Waals surface area contributed by atoms with Gasteiger partial charge in [0.25, 0.3) is 5.91 Å². The van der Waals surface area contributed by atoms with E-state index in [9.17, 15) is 4.79 Å². The molecule has 4 aromatic carbocycles. The van der Waals surface area contributed by atoms with Crippen molar-refractivity contribution in [2.45, 2.75) is 0 Å². The maximum Gasteiger partial charge on any atom is 0.256 e. The number of fused-ring (bicyclic) bond motifs is 3. The monoisotopic (exact) mass is 455 g/mol. The molecule has 0 unspecified atom stereocenters. The highest BCUT2D eigenvalue weighted by molar-refractivity contribution is 6.09. The van der Waals surface area contributed by atoms with Crippen LogP contribution in [-0.2, 0) is 0 Å². The topological polar surface area (TPSA) is 80.0 Å². The number of hydrogen-bond acceptors (Lipinski definition) is 5. The van der Waals surface area contributed by atoms with Gasteiger partial charge >= 0.3 is 0 Å². The standard InChI is InChI=1S/C29H19N4O2/c34-29(19-7-2-1-3-8-19)33-21-15-13-20(14-16-21)32-27-17-25(30-18-31-27)24-11-6-10-23-22-9-4-5-12-26(22)35-28(23)24/h1-7,9-18H,(H,33,34)(H,30,31,32). The van der Waals surface area contributed by atoms with Gasteiger partial charge in [0, 0.05) is 39.3 Å². The van der Waals surface area contributed by atoms with Gasteiger partial charge in [-0.2, -0.15) is 0 Å². The molecule has 0 saturated heterocycles. The Morgan fingerprint density at radius 2 is 1.60 bits per heavy atom. The van der Waals surface area contributed by atoms with Crippen molar-refractivity contribution in [1.82, 2.24) is 9.97 Å². The zero-order valence-electron chi connectivity index (χ0n) is 18.5. The first-order valence-electron chi connectivity index (χ1n) is 11.1. The number of amides is 1. The quantitative estimate of drug-likeness (QED) is 0.297. The molecule has 6 nitrogen and oxygen atoms in total. The van der Waals surface area contributed by atoms with Crippen molar-refractivity contribution in [2.24, 2.45) is 0 Å². The van der Waals surface area contributed by atoms with Gasteiger partial charge in [-0.1, -0.05) is 48.5 Å². The Hall–Kier alpha value is -4.97. The van der Waals surface area contributed by atoms with E-state index < -0.39 is 0 Å². The van der Waals surface area contributed by atoms with Gasteiger partial charge in [0.2, 0.25) is 0 Å². The van der Waals surface area contributed by atoms with Crippen molar-refractivity contribution < 1.29 is 9.21 Å². The first kappa shape index (κ1) is 20.6. The molecule has 0 bridgehead atoms. The third-order valence-corrected chi connectivity index (χ3v) is 5.72. The molecule has 2 N–H and O–H groups in total. The summed E-state index contributed by atoms with van der Waals surface area (Å²) in [7, 11) is 0. The number of carbonyl (C=O) groups is 1. The van der Waals surface area contributed by atoms with Gasteiger partial charge in [-0.3, -0.25) is 4.79 Å². The minimum Gasteiger partial charge on any atom is -0.455 e. The number of para-hydroxylation sites is 2. The van der Waals surface area contributed by atoms with Crippen molar-refractivity contribution in [3.63, 3.8) is 0 Å². The molecule has 6 rings (SSSR count). The number of furan rings is 1. The number of carbonyl (C=O) groups excluding carboxylic acids is 1. The summed E-state index contributed by atoms with van der Waals surface area (Å²) in [4.78, 5) is 21.2. The molecule has 167 valence electrons. The lowest BCUT2D eigenvalue weighted by molar-refractivity contribution is 0.102. The van der Waals surface area contributed by atoms with Crippen LogP contribution in [0.5, 0.6) is 0 Å². The van der Waals surface area contributed by atoms with Gasteiger partial charge in [0.05, 0.1) is 5.69 Å². The molecule has 0 aliphatic rings. The normalized spacial score (nSPS) is 11.0. The van der Waals surface area contributed by atoms with Crippen LogP contribution in [0, 0.1) is 6.07 Å². The molecule has 2 aromatic heterocycles. The van der Waals surface area contributed by atoms with Crippen molar-refractivity contribution >= 4 is 45.0 Å². The number of nitrogens with one attached hydrogen (secondary N) is 2. The first-order chi connectivity index (χ1) is 17.2. The predicted molar refractivity (Wildman–Crippen MR) is 138 cm³/mol. The highest BCUT2D eigenvalue weighted by Gasteiger charge is 2.13. The Bertz CT molecular complexity index is 1660.